The molecule has 0 saturated carbocycles. The zero-order valence-electron chi connectivity index (χ0n) is 17.5. The lowest BCUT2D eigenvalue weighted by atomic mass is 9.92. The third kappa shape index (κ3) is 4.44. The molecule has 0 unspecified atom stereocenters. The molecule has 8 heteroatoms. The zero-order chi connectivity index (χ0) is 22.0. The van der Waals surface area contributed by atoms with E-state index in [4.69, 9.17) is 4.74 Å². The van der Waals surface area contributed by atoms with Crippen molar-refractivity contribution < 1.29 is 22.7 Å². The molecule has 0 saturated heterocycles. The number of carbonyl (C=O) groups excluding carboxylic acids is 2. The molecule has 164 valence electrons. The highest BCUT2D eigenvalue weighted by atomic mass is 32.2. The third-order valence-corrected chi connectivity index (χ3v) is 7.02. The van der Waals surface area contributed by atoms with E-state index < -0.39 is 16.0 Å². The van der Waals surface area contributed by atoms with Gasteiger partial charge in [0.2, 0.25) is 5.91 Å². The standard InChI is InChI=1S/C23H26N2O5S/c1-2-3-13-30-23(27)16-6-9-19(10-7-16)24-31(28,29)20-14-17-5-4-12-25-21(26)11-8-18(15-20)22(17)25/h6-7,9-10,14-15,24H,2-5,8,11-13H2,1H3. The number of ether oxygens (including phenoxy) is 1. The van der Waals surface area contributed by atoms with Crippen molar-refractivity contribution in [3.05, 3.63) is 53.1 Å². The number of nitrogens with zero attached hydrogens (tertiary/aromatic N) is 1. The first-order chi connectivity index (χ1) is 14.9. The minimum atomic E-state index is -3.81. The van der Waals surface area contributed by atoms with E-state index in [1.165, 1.54) is 0 Å². The summed E-state index contributed by atoms with van der Waals surface area (Å²) in [6.45, 7) is 3.08. The second-order valence-electron chi connectivity index (χ2n) is 7.91. The molecular weight excluding hydrogens is 416 g/mol. The number of hydrogen-bond acceptors (Lipinski definition) is 5. The fourth-order valence-corrected chi connectivity index (χ4v) is 5.22. The zero-order valence-corrected chi connectivity index (χ0v) is 18.3. The lowest BCUT2D eigenvalue weighted by molar-refractivity contribution is -0.119. The molecule has 0 aromatic heterocycles. The number of carbonyl (C=O) groups is 2. The van der Waals surface area contributed by atoms with Gasteiger partial charge in [-0.3, -0.25) is 9.52 Å². The minimum absolute atomic E-state index is 0.107. The Hall–Kier alpha value is -2.87. The van der Waals surface area contributed by atoms with Gasteiger partial charge in [-0.25, -0.2) is 13.2 Å². The van der Waals surface area contributed by atoms with E-state index in [9.17, 15) is 18.0 Å². The fourth-order valence-electron chi connectivity index (χ4n) is 4.06. The highest BCUT2D eigenvalue weighted by molar-refractivity contribution is 7.92. The van der Waals surface area contributed by atoms with E-state index >= 15 is 0 Å². The van der Waals surface area contributed by atoms with Crippen LogP contribution in [0, 0.1) is 0 Å². The number of benzene rings is 2. The summed E-state index contributed by atoms with van der Waals surface area (Å²) < 4.78 is 33.8. The predicted molar refractivity (Wildman–Crippen MR) is 118 cm³/mol. The second kappa shape index (κ2) is 8.70. The second-order valence-corrected chi connectivity index (χ2v) is 9.59. The van der Waals surface area contributed by atoms with Gasteiger partial charge in [0.15, 0.2) is 0 Å². The number of nitrogens with one attached hydrogen (secondary N) is 1. The molecule has 31 heavy (non-hydrogen) atoms. The first-order valence-electron chi connectivity index (χ1n) is 10.6. The Labute approximate surface area is 182 Å². The highest BCUT2D eigenvalue weighted by Gasteiger charge is 2.31. The number of rotatable bonds is 7. The summed E-state index contributed by atoms with van der Waals surface area (Å²) >= 11 is 0. The third-order valence-electron chi connectivity index (χ3n) is 5.66. The Bertz CT molecular complexity index is 1090. The van der Waals surface area contributed by atoms with E-state index in [0.717, 1.165) is 42.5 Å². The Kier molecular flexibility index (Phi) is 6.00. The Balaban J connectivity index is 1.53. The summed E-state index contributed by atoms with van der Waals surface area (Å²) in [4.78, 5) is 26.2. The van der Waals surface area contributed by atoms with Crippen LogP contribution < -0.4 is 9.62 Å². The van der Waals surface area contributed by atoms with E-state index in [2.05, 4.69) is 4.72 Å². The van der Waals surface area contributed by atoms with Crippen LogP contribution in [-0.4, -0.2) is 33.4 Å². The molecule has 2 heterocycles. The van der Waals surface area contributed by atoms with Crippen LogP contribution in [0.1, 0.15) is 54.1 Å². The van der Waals surface area contributed by atoms with Gasteiger partial charge < -0.3 is 9.64 Å². The van der Waals surface area contributed by atoms with Crippen molar-refractivity contribution in [2.45, 2.75) is 50.3 Å². The summed E-state index contributed by atoms with van der Waals surface area (Å²) in [5.41, 5.74) is 3.45. The van der Waals surface area contributed by atoms with Crippen molar-refractivity contribution in [2.24, 2.45) is 0 Å². The van der Waals surface area contributed by atoms with E-state index in [-0.39, 0.29) is 10.8 Å². The van der Waals surface area contributed by atoms with E-state index in [1.807, 2.05) is 6.92 Å². The van der Waals surface area contributed by atoms with E-state index in [1.54, 1.807) is 41.3 Å². The van der Waals surface area contributed by atoms with Gasteiger partial charge in [-0.1, -0.05) is 13.3 Å². The van der Waals surface area contributed by atoms with Crippen LogP contribution >= 0.6 is 0 Å². The number of anilines is 2. The van der Waals surface area contributed by atoms with Gasteiger partial charge in [0.05, 0.1) is 22.8 Å². The predicted octanol–water partition coefficient (Wildman–Crippen LogP) is 3.67. The average molecular weight is 443 g/mol. The van der Waals surface area contributed by atoms with Gasteiger partial charge in [-0.15, -0.1) is 0 Å². The molecule has 2 aromatic rings. The lowest BCUT2D eigenvalue weighted by Gasteiger charge is -2.35. The van der Waals surface area contributed by atoms with Gasteiger partial charge in [0.1, 0.15) is 0 Å². The van der Waals surface area contributed by atoms with Crippen molar-refractivity contribution >= 4 is 33.3 Å². The number of sulfonamides is 1. The highest BCUT2D eigenvalue weighted by Crippen LogP contribution is 2.37. The molecule has 1 N–H and O–H groups in total. The number of hydrogen-bond donors (Lipinski definition) is 1. The van der Waals surface area contributed by atoms with Crippen molar-refractivity contribution in [2.75, 3.05) is 22.8 Å². The maximum atomic E-state index is 13.0. The maximum Gasteiger partial charge on any atom is 0.338 e. The number of unbranched alkanes of at least 4 members (excludes halogenated alkanes) is 1. The Morgan fingerprint density at radius 1 is 1.10 bits per heavy atom. The van der Waals surface area contributed by atoms with Crippen molar-refractivity contribution in [3.63, 3.8) is 0 Å². The number of amides is 1. The molecule has 2 aliphatic heterocycles. The van der Waals surface area contributed by atoms with Crippen LogP contribution in [-0.2, 0) is 32.4 Å². The van der Waals surface area contributed by atoms with Crippen LogP contribution in [0.15, 0.2) is 41.3 Å². The molecule has 2 aliphatic rings. The largest absolute Gasteiger partial charge is 0.462 e. The quantitative estimate of drug-likeness (QED) is 0.522. The molecule has 0 radical (unpaired) electrons. The summed E-state index contributed by atoms with van der Waals surface area (Å²) in [5, 5.41) is 0. The van der Waals surface area contributed by atoms with Crippen molar-refractivity contribution in [1.29, 1.82) is 0 Å². The molecule has 0 atom stereocenters. The van der Waals surface area contributed by atoms with Crippen LogP contribution in [0.4, 0.5) is 11.4 Å². The molecule has 0 fully saturated rings. The number of aryl methyl sites for hydroxylation is 2. The van der Waals surface area contributed by atoms with Crippen LogP contribution in [0.5, 0.6) is 0 Å². The van der Waals surface area contributed by atoms with Crippen molar-refractivity contribution in [3.8, 4) is 0 Å². The molecule has 2 aromatic carbocycles. The monoisotopic (exact) mass is 442 g/mol. The van der Waals surface area contributed by atoms with Gasteiger partial charge >= 0.3 is 5.97 Å². The van der Waals surface area contributed by atoms with Crippen LogP contribution in [0.3, 0.4) is 0 Å². The summed E-state index contributed by atoms with van der Waals surface area (Å²) in [5.74, 6) is -0.314. The topological polar surface area (TPSA) is 92.8 Å². The summed E-state index contributed by atoms with van der Waals surface area (Å²) in [7, 11) is -3.81. The van der Waals surface area contributed by atoms with Crippen LogP contribution in [0.2, 0.25) is 0 Å². The summed E-state index contributed by atoms with van der Waals surface area (Å²) in [6, 6.07) is 9.54. The molecule has 0 bridgehead atoms. The van der Waals surface area contributed by atoms with Crippen LogP contribution in [0.25, 0.3) is 0 Å². The Morgan fingerprint density at radius 2 is 1.81 bits per heavy atom. The normalized spacial score (nSPS) is 15.4. The van der Waals surface area contributed by atoms with Crippen molar-refractivity contribution in [1.82, 2.24) is 0 Å². The molecule has 1 amide bonds. The van der Waals surface area contributed by atoms with Gasteiger partial charge in [0.25, 0.3) is 10.0 Å². The molecule has 0 aliphatic carbocycles. The lowest BCUT2D eigenvalue weighted by Crippen LogP contribution is -2.39. The molecular formula is C23H26N2O5S. The number of esters is 1. The Morgan fingerprint density at radius 3 is 2.52 bits per heavy atom. The maximum absolute atomic E-state index is 13.0. The molecule has 0 spiro atoms. The SMILES string of the molecule is CCCCOC(=O)c1ccc(NS(=O)(=O)c2cc3c4c(c2)CCC(=O)N4CCC3)cc1. The first-order valence-corrected chi connectivity index (χ1v) is 12.1. The molecule has 7 nitrogen and oxygen atoms in total. The minimum Gasteiger partial charge on any atom is -0.462 e. The summed E-state index contributed by atoms with van der Waals surface area (Å²) in [6.07, 6.45) is 4.27. The molecule has 4 rings (SSSR count). The first kappa shape index (κ1) is 21.4. The smallest absolute Gasteiger partial charge is 0.338 e. The van der Waals surface area contributed by atoms with Gasteiger partial charge in [-0.05, 0) is 73.2 Å². The van der Waals surface area contributed by atoms with Gasteiger partial charge in [0, 0.05) is 18.7 Å². The van der Waals surface area contributed by atoms with Gasteiger partial charge in [-0.2, -0.15) is 0 Å². The average Bonchev–Trinajstić information content (AvgIpc) is 2.76. The fraction of sp³-hybridized carbons (Fsp3) is 0.391. The van der Waals surface area contributed by atoms with E-state index in [0.29, 0.717) is 37.2 Å².